The summed E-state index contributed by atoms with van der Waals surface area (Å²) in [6.45, 7) is 2.23. The molecular formula is C26H25NO3. The van der Waals surface area contributed by atoms with E-state index in [1.54, 1.807) is 18.2 Å². The summed E-state index contributed by atoms with van der Waals surface area (Å²) in [5.74, 6) is 1.28. The van der Waals surface area contributed by atoms with Gasteiger partial charge < -0.3 is 14.9 Å². The lowest BCUT2D eigenvalue weighted by Gasteiger charge is -2.26. The van der Waals surface area contributed by atoms with E-state index in [-0.39, 0.29) is 11.8 Å². The molecule has 0 radical (unpaired) electrons. The quantitative estimate of drug-likeness (QED) is 0.469. The maximum Gasteiger partial charge on any atom is 0.130 e. The number of rotatable bonds is 5. The van der Waals surface area contributed by atoms with Crippen molar-refractivity contribution in [1.29, 1.82) is 0 Å². The predicted octanol–water partition coefficient (Wildman–Crippen LogP) is 5.45. The van der Waals surface area contributed by atoms with Crippen molar-refractivity contribution in [2.75, 3.05) is 13.2 Å². The molecule has 1 aliphatic rings. The van der Waals surface area contributed by atoms with Crippen LogP contribution in [0.3, 0.4) is 0 Å². The van der Waals surface area contributed by atoms with E-state index < -0.39 is 0 Å². The van der Waals surface area contributed by atoms with Crippen molar-refractivity contribution < 1.29 is 14.9 Å². The minimum atomic E-state index is 0.215. The van der Waals surface area contributed by atoms with E-state index in [2.05, 4.69) is 17.0 Å². The Morgan fingerprint density at radius 3 is 2.50 bits per heavy atom. The Balaban J connectivity index is 1.37. The Labute approximate surface area is 175 Å². The lowest BCUT2D eigenvalue weighted by molar-refractivity contribution is 0.167. The van der Waals surface area contributed by atoms with Crippen molar-refractivity contribution in [1.82, 2.24) is 4.90 Å². The molecule has 2 N–H and O–H groups in total. The van der Waals surface area contributed by atoms with Crippen molar-refractivity contribution in [3.05, 3.63) is 78.4 Å². The van der Waals surface area contributed by atoms with Crippen LogP contribution < -0.4 is 4.74 Å². The smallest absolute Gasteiger partial charge is 0.130 e. The van der Waals surface area contributed by atoms with Gasteiger partial charge in [0.05, 0.1) is 0 Å². The molecule has 0 unspecified atom stereocenters. The molecule has 1 heterocycles. The molecule has 1 aliphatic heterocycles. The predicted molar refractivity (Wildman–Crippen MR) is 120 cm³/mol. The number of likely N-dealkylation sites (tertiary alicyclic amines) is 1. The molecule has 1 fully saturated rings. The van der Waals surface area contributed by atoms with Gasteiger partial charge in [-0.15, -0.1) is 0 Å². The maximum absolute atomic E-state index is 10.5. The van der Waals surface area contributed by atoms with Gasteiger partial charge in [0.15, 0.2) is 0 Å². The topological polar surface area (TPSA) is 52.9 Å². The summed E-state index contributed by atoms with van der Waals surface area (Å²) < 4.78 is 6.21. The van der Waals surface area contributed by atoms with Crippen molar-refractivity contribution in [3.8, 4) is 17.2 Å². The Kier molecular flexibility index (Phi) is 4.93. The molecule has 4 aromatic rings. The van der Waals surface area contributed by atoms with Gasteiger partial charge in [-0.2, -0.15) is 0 Å². The molecule has 0 bridgehead atoms. The average molecular weight is 399 g/mol. The molecule has 152 valence electrons. The first kappa shape index (κ1) is 18.8. The summed E-state index contributed by atoms with van der Waals surface area (Å²) in [5.41, 5.74) is 0.975. The van der Waals surface area contributed by atoms with E-state index in [1.807, 2.05) is 42.5 Å². The number of fused-ring (bicyclic) bond motifs is 2. The van der Waals surface area contributed by atoms with Crippen LogP contribution in [0.2, 0.25) is 0 Å². The van der Waals surface area contributed by atoms with Crippen molar-refractivity contribution in [2.45, 2.75) is 25.4 Å². The SMILES string of the molecule is Oc1cc(OC[C@@H]2CCCN2Cc2c(O)ccc3ccccc23)c2ccccc2c1. The number of hydrogen-bond donors (Lipinski definition) is 2. The van der Waals surface area contributed by atoms with Crippen LogP contribution in [0.4, 0.5) is 0 Å². The molecule has 0 amide bonds. The first-order chi connectivity index (χ1) is 14.7. The van der Waals surface area contributed by atoms with Crippen LogP contribution >= 0.6 is 0 Å². The van der Waals surface area contributed by atoms with Crippen LogP contribution in [-0.4, -0.2) is 34.3 Å². The van der Waals surface area contributed by atoms with Gasteiger partial charge in [0.1, 0.15) is 23.9 Å². The third-order valence-corrected chi connectivity index (χ3v) is 6.12. The molecule has 0 aromatic heterocycles. The van der Waals surface area contributed by atoms with E-state index in [0.717, 1.165) is 46.5 Å². The molecule has 4 aromatic carbocycles. The van der Waals surface area contributed by atoms with Crippen molar-refractivity contribution in [2.24, 2.45) is 0 Å². The van der Waals surface area contributed by atoms with E-state index in [9.17, 15) is 10.2 Å². The minimum absolute atomic E-state index is 0.215. The van der Waals surface area contributed by atoms with Crippen molar-refractivity contribution in [3.63, 3.8) is 0 Å². The number of phenols is 2. The fourth-order valence-electron chi connectivity index (χ4n) is 4.55. The highest BCUT2D eigenvalue weighted by Gasteiger charge is 2.26. The molecule has 0 spiro atoms. The van der Waals surface area contributed by atoms with Gasteiger partial charge in [0, 0.05) is 29.6 Å². The van der Waals surface area contributed by atoms with Crippen LogP contribution in [0, 0.1) is 0 Å². The van der Waals surface area contributed by atoms with E-state index in [0.29, 0.717) is 24.7 Å². The molecule has 4 nitrogen and oxygen atoms in total. The van der Waals surface area contributed by atoms with E-state index in [4.69, 9.17) is 4.74 Å². The standard InChI is InChI=1S/C26H25NO3/c28-21-14-19-7-2-4-10-23(19)26(15-21)30-17-20-8-5-13-27(20)16-24-22-9-3-1-6-18(22)11-12-25(24)29/h1-4,6-7,9-12,14-15,20,28-29H,5,8,13,16-17H2/t20-/m0/s1. The molecule has 30 heavy (non-hydrogen) atoms. The van der Waals surface area contributed by atoms with Crippen LogP contribution in [0.25, 0.3) is 21.5 Å². The van der Waals surface area contributed by atoms with Gasteiger partial charge in [-0.25, -0.2) is 0 Å². The number of ether oxygens (including phenoxy) is 1. The lowest BCUT2D eigenvalue weighted by atomic mass is 10.0. The Morgan fingerprint density at radius 2 is 1.63 bits per heavy atom. The molecule has 1 atom stereocenters. The normalized spacial score (nSPS) is 17.0. The second kappa shape index (κ2) is 7.88. The van der Waals surface area contributed by atoms with Gasteiger partial charge in [0.2, 0.25) is 0 Å². The third kappa shape index (κ3) is 3.55. The highest BCUT2D eigenvalue weighted by molar-refractivity contribution is 5.90. The second-order valence-electron chi connectivity index (χ2n) is 8.03. The third-order valence-electron chi connectivity index (χ3n) is 6.12. The van der Waals surface area contributed by atoms with E-state index >= 15 is 0 Å². The molecule has 0 saturated carbocycles. The van der Waals surface area contributed by atoms with E-state index in [1.165, 1.54) is 0 Å². The fraction of sp³-hybridized carbons (Fsp3) is 0.231. The largest absolute Gasteiger partial charge is 0.508 e. The molecule has 1 saturated heterocycles. The summed E-state index contributed by atoms with van der Waals surface area (Å²) in [7, 11) is 0. The monoisotopic (exact) mass is 399 g/mol. The highest BCUT2D eigenvalue weighted by Crippen LogP contribution is 2.33. The summed E-state index contributed by atoms with van der Waals surface area (Å²) in [5, 5.41) is 24.8. The summed E-state index contributed by atoms with van der Waals surface area (Å²) >= 11 is 0. The Hall–Kier alpha value is -3.24. The molecular weight excluding hydrogens is 374 g/mol. The molecule has 5 rings (SSSR count). The average Bonchev–Trinajstić information content (AvgIpc) is 3.21. The number of hydrogen-bond acceptors (Lipinski definition) is 4. The number of nitrogens with zero attached hydrogens (tertiary/aromatic N) is 1. The summed E-state index contributed by atoms with van der Waals surface area (Å²) in [6.07, 6.45) is 2.17. The molecule has 4 heteroatoms. The zero-order valence-electron chi connectivity index (χ0n) is 16.8. The maximum atomic E-state index is 10.5. The highest BCUT2D eigenvalue weighted by atomic mass is 16.5. The summed E-state index contributed by atoms with van der Waals surface area (Å²) in [6, 6.07) is 23.6. The number of benzene rings is 4. The first-order valence-corrected chi connectivity index (χ1v) is 10.5. The Bertz CT molecular complexity index is 1200. The lowest BCUT2D eigenvalue weighted by Crippen LogP contribution is -2.33. The van der Waals surface area contributed by atoms with Crippen LogP contribution in [0.15, 0.2) is 72.8 Å². The van der Waals surface area contributed by atoms with Crippen LogP contribution in [0.5, 0.6) is 17.2 Å². The first-order valence-electron chi connectivity index (χ1n) is 10.5. The van der Waals surface area contributed by atoms with Gasteiger partial charge in [-0.1, -0.05) is 54.6 Å². The van der Waals surface area contributed by atoms with Gasteiger partial charge in [-0.3, -0.25) is 4.90 Å². The number of aromatic hydroxyl groups is 2. The van der Waals surface area contributed by atoms with Crippen LogP contribution in [0.1, 0.15) is 18.4 Å². The number of phenolic OH excluding ortho intramolecular Hbond substituents is 2. The minimum Gasteiger partial charge on any atom is -0.508 e. The zero-order chi connectivity index (χ0) is 20.5. The van der Waals surface area contributed by atoms with Crippen LogP contribution in [-0.2, 0) is 6.54 Å². The Morgan fingerprint density at radius 1 is 0.867 bits per heavy atom. The summed E-state index contributed by atoms with van der Waals surface area (Å²) in [4.78, 5) is 2.40. The van der Waals surface area contributed by atoms with Crippen molar-refractivity contribution >= 4 is 21.5 Å². The molecule has 0 aliphatic carbocycles. The fourth-order valence-corrected chi connectivity index (χ4v) is 4.55. The van der Waals surface area contributed by atoms with Gasteiger partial charge >= 0.3 is 0 Å². The van der Waals surface area contributed by atoms with Gasteiger partial charge in [0.25, 0.3) is 0 Å². The van der Waals surface area contributed by atoms with Gasteiger partial charge in [-0.05, 0) is 47.7 Å². The zero-order valence-corrected chi connectivity index (χ0v) is 16.8. The second-order valence-corrected chi connectivity index (χ2v) is 8.03.